The van der Waals surface area contributed by atoms with Crippen molar-refractivity contribution >= 4 is 11.6 Å². The number of H-pyrrole nitrogens is 1. The van der Waals surface area contributed by atoms with Gasteiger partial charge in [0.25, 0.3) is 0 Å². The third kappa shape index (κ3) is 3.90. The molecule has 1 aliphatic rings. The third-order valence-corrected chi connectivity index (χ3v) is 5.60. The van der Waals surface area contributed by atoms with Crippen LogP contribution in [0.3, 0.4) is 0 Å². The highest BCUT2D eigenvalue weighted by atomic mass is 35.5. The van der Waals surface area contributed by atoms with Crippen LogP contribution in [-0.2, 0) is 6.54 Å². The van der Waals surface area contributed by atoms with Gasteiger partial charge in [-0.1, -0.05) is 30.7 Å². The van der Waals surface area contributed by atoms with Crippen LogP contribution in [0.2, 0.25) is 5.02 Å². The van der Waals surface area contributed by atoms with Crippen LogP contribution in [0.15, 0.2) is 36.5 Å². The normalized spacial score (nSPS) is 27.0. The van der Waals surface area contributed by atoms with E-state index in [0.29, 0.717) is 5.92 Å². The summed E-state index contributed by atoms with van der Waals surface area (Å²) in [5.74, 6) is 0.418. The molecule has 3 N–H and O–H groups in total. The second-order valence-corrected chi connectivity index (χ2v) is 7.55. The van der Waals surface area contributed by atoms with Crippen LogP contribution in [0.4, 0.5) is 0 Å². The van der Waals surface area contributed by atoms with E-state index in [-0.39, 0.29) is 18.2 Å². The topological polar surface area (TPSA) is 64.2 Å². The van der Waals surface area contributed by atoms with E-state index in [4.69, 9.17) is 11.6 Å². The van der Waals surface area contributed by atoms with Crippen molar-refractivity contribution in [1.29, 1.82) is 0 Å². The molecule has 25 heavy (non-hydrogen) atoms. The Kier molecular flexibility index (Phi) is 5.79. The zero-order chi connectivity index (χ0) is 17.9. The number of hydrogen-bond donors (Lipinski definition) is 3. The van der Waals surface area contributed by atoms with Gasteiger partial charge in [0.05, 0.1) is 6.61 Å². The van der Waals surface area contributed by atoms with Crippen LogP contribution < -0.4 is 5.32 Å². The Morgan fingerprint density at radius 2 is 2.12 bits per heavy atom. The average Bonchev–Trinajstić information content (AvgIpc) is 3.22. The fourth-order valence-electron chi connectivity index (χ4n) is 4.19. The number of aromatic nitrogens is 2. The molecule has 136 valence electrons. The maximum absolute atomic E-state index is 10.0. The second-order valence-electron chi connectivity index (χ2n) is 7.11. The van der Waals surface area contributed by atoms with Crippen LogP contribution in [0.5, 0.6) is 0 Å². The average molecular weight is 363 g/mol. The Balaban J connectivity index is 1.78. The molecule has 0 amide bonds. The lowest BCUT2D eigenvalue weighted by Crippen LogP contribution is -2.45. The first-order chi connectivity index (χ1) is 12.1. The summed E-state index contributed by atoms with van der Waals surface area (Å²) < 4.78 is 0. The summed E-state index contributed by atoms with van der Waals surface area (Å²) in [5.41, 5.74) is 2.15. The summed E-state index contributed by atoms with van der Waals surface area (Å²) >= 11 is 6.07. The zero-order valence-corrected chi connectivity index (χ0v) is 15.6. The summed E-state index contributed by atoms with van der Waals surface area (Å²) in [7, 11) is 0. The standard InChI is InChI=1S/C19H27ClN4O/c1-3-24-18(14-4-6-16(20)7-5-14)15(10-19(24,2)13-25)11-21-12-17-8-9-22-23-17/h4-9,15,18,21,25H,3,10-13H2,1-2H3,(H,22,23)/t15-,18+,19+/m1/s1. The number of nitrogens with one attached hydrogen (secondary N) is 2. The molecular formula is C19H27ClN4O. The smallest absolute Gasteiger partial charge is 0.0613 e. The summed E-state index contributed by atoms with van der Waals surface area (Å²) in [4.78, 5) is 2.43. The minimum absolute atomic E-state index is 0.169. The van der Waals surface area contributed by atoms with Gasteiger partial charge in [-0.05, 0) is 49.6 Å². The fourth-order valence-corrected chi connectivity index (χ4v) is 4.32. The first-order valence-electron chi connectivity index (χ1n) is 8.89. The van der Waals surface area contributed by atoms with E-state index in [1.54, 1.807) is 6.20 Å². The van der Waals surface area contributed by atoms with Gasteiger partial charge < -0.3 is 10.4 Å². The van der Waals surface area contributed by atoms with Crippen molar-refractivity contribution in [1.82, 2.24) is 20.4 Å². The van der Waals surface area contributed by atoms with E-state index >= 15 is 0 Å². The predicted octanol–water partition coefficient (Wildman–Crippen LogP) is 2.99. The molecule has 1 aromatic carbocycles. The number of hydrogen-bond acceptors (Lipinski definition) is 4. The van der Waals surface area contributed by atoms with E-state index in [1.807, 2.05) is 18.2 Å². The van der Waals surface area contributed by atoms with Crippen LogP contribution in [0.25, 0.3) is 0 Å². The number of aliphatic hydroxyl groups excluding tert-OH is 1. The third-order valence-electron chi connectivity index (χ3n) is 5.35. The molecule has 0 aliphatic carbocycles. The fraction of sp³-hybridized carbons (Fsp3) is 0.526. The van der Waals surface area contributed by atoms with Crippen molar-refractivity contribution in [2.75, 3.05) is 19.7 Å². The zero-order valence-electron chi connectivity index (χ0n) is 14.9. The summed E-state index contributed by atoms with van der Waals surface area (Å²) in [5, 5.41) is 21.3. The number of halogens is 1. The van der Waals surface area contributed by atoms with Crippen molar-refractivity contribution in [2.24, 2.45) is 5.92 Å². The van der Waals surface area contributed by atoms with Gasteiger partial charge in [-0.2, -0.15) is 5.10 Å². The maximum Gasteiger partial charge on any atom is 0.0613 e. The monoisotopic (exact) mass is 362 g/mol. The highest BCUT2D eigenvalue weighted by molar-refractivity contribution is 6.30. The molecule has 1 saturated heterocycles. The van der Waals surface area contributed by atoms with Gasteiger partial charge in [0.15, 0.2) is 0 Å². The molecular weight excluding hydrogens is 336 g/mol. The molecule has 0 spiro atoms. The number of nitrogens with zero attached hydrogens (tertiary/aromatic N) is 2. The molecule has 0 saturated carbocycles. The molecule has 1 aromatic heterocycles. The number of benzene rings is 1. The van der Waals surface area contributed by atoms with Gasteiger partial charge in [0.2, 0.25) is 0 Å². The summed E-state index contributed by atoms with van der Waals surface area (Å²) in [6, 6.07) is 10.4. The van der Waals surface area contributed by atoms with Crippen molar-refractivity contribution in [2.45, 2.75) is 38.4 Å². The number of likely N-dealkylation sites (N-methyl/N-ethyl adjacent to an activating group) is 1. The predicted molar refractivity (Wildman–Crippen MR) is 100 cm³/mol. The van der Waals surface area contributed by atoms with E-state index in [2.05, 4.69) is 46.4 Å². The second kappa shape index (κ2) is 7.87. The van der Waals surface area contributed by atoms with E-state index in [0.717, 1.165) is 36.8 Å². The molecule has 3 rings (SSSR count). The molecule has 3 atom stereocenters. The number of aliphatic hydroxyl groups is 1. The molecule has 0 unspecified atom stereocenters. The Labute approximate surface area is 154 Å². The van der Waals surface area contributed by atoms with E-state index in [9.17, 15) is 5.11 Å². The van der Waals surface area contributed by atoms with Gasteiger partial charge in [-0.3, -0.25) is 10.00 Å². The summed E-state index contributed by atoms with van der Waals surface area (Å²) in [6.07, 6.45) is 2.73. The minimum atomic E-state index is -0.195. The van der Waals surface area contributed by atoms with E-state index in [1.165, 1.54) is 5.56 Å². The first kappa shape index (κ1) is 18.4. The lowest BCUT2D eigenvalue weighted by molar-refractivity contribution is 0.0579. The quantitative estimate of drug-likeness (QED) is 0.708. The SMILES string of the molecule is CCN1[C@@H](c2ccc(Cl)cc2)[C@@H](CNCc2ccn[nH]2)C[C@@]1(C)CO. The lowest BCUT2D eigenvalue weighted by Gasteiger charge is -2.37. The molecule has 0 radical (unpaired) electrons. The van der Waals surface area contributed by atoms with Crippen LogP contribution in [0, 0.1) is 5.92 Å². The van der Waals surface area contributed by atoms with Crippen molar-refractivity contribution in [3.8, 4) is 0 Å². The lowest BCUT2D eigenvalue weighted by atomic mass is 9.90. The number of likely N-dealkylation sites (tertiary alicyclic amines) is 1. The highest BCUT2D eigenvalue weighted by Crippen LogP contribution is 2.46. The maximum atomic E-state index is 10.0. The number of rotatable bonds is 7. The van der Waals surface area contributed by atoms with Gasteiger partial charge in [0.1, 0.15) is 0 Å². The Hall–Kier alpha value is -1.40. The van der Waals surface area contributed by atoms with Gasteiger partial charge in [-0.15, -0.1) is 0 Å². The molecule has 6 heteroatoms. The van der Waals surface area contributed by atoms with Gasteiger partial charge in [0, 0.05) is 41.6 Å². The number of aromatic amines is 1. The highest BCUT2D eigenvalue weighted by Gasteiger charge is 2.47. The molecule has 2 heterocycles. The van der Waals surface area contributed by atoms with Crippen LogP contribution in [0.1, 0.15) is 37.6 Å². The molecule has 5 nitrogen and oxygen atoms in total. The van der Waals surface area contributed by atoms with Crippen LogP contribution in [-0.4, -0.2) is 45.4 Å². The van der Waals surface area contributed by atoms with Crippen molar-refractivity contribution < 1.29 is 5.11 Å². The van der Waals surface area contributed by atoms with E-state index < -0.39 is 0 Å². The Morgan fingerprint density at radius 3 is 2.72 bits per heavy atom. The molecule has 1 fully saturated rings. The summed E-state index contributed by atoms with van der Waals surface area (Å²) in [6.45, 7) is 7.05. The molecule has 0 bridgehead atoms. The Morgan fingerprint density at radius 1 is 1.36 bits per heavy atom. The van der Waals surface area contributed by atoms with Crippen LogP contribution >= 0.6 is 11.6 Å². The molecule has 2 aromatic rings. The first-order valence-corrected chi connectivity index (χ1v) is 9.27. The Bertz CT molecular complexity index is 661. The molecule has 1 aliphatic heterocycles. The van der Waals surface area contributed by atoms with Crippen molar-refractivity contribution in [3.63, 3.8) is 0 Å². The largest absolute Gasteiger partial charge is 0.394 e. The minimum Gasteiger partial charge on any atom is -0.394 e. The van der Waals surface area contributed by atoms with Crippen molar-refractivity contribution in [3.05, 3.63) is 52.8 Å². The van der Waals surface area contributed by atoms with Gasteiger partial charge >= 0.3 is 0 Å². The van der Waals surface area contributed by atoms with Gasteiger partial charge in [-0.25, -0.2) is 0 Å².